The van der Waals surface area contributed by atoms with Crippen molar-refractivity contribution in [1.82, 2.24) is 14.9 Å². The molecular formula is C31H34N4O2S. The van der Waals surface area contributed by atoms with E-state index >= 15 is 0 Å². The van der Waals surface area contributed by atoms with E-state index in [9.17, 15) is 0 Å². The first-order valence-electron chi connectivity index (χ1n) is 12.9. The van der Waals surface area contributed by atoms with E-state index in [1.54, 1.807) is 14.2 Å². The molecule has 2 aromatic heterocycles. The minimum Gasteiger partial charge on any atom is -0.497 e. The topological polar surface area (TPSA) is 51.6 Å². The molecule has 0 radical (unpaired) electrons. The number of hydrogen-bond acceptors (Lipinski definition) is 4. The number of nitrogens with zero attached hydrogens (tertiary/aromatic N) is 3. The van der Waals surface area contributed by atoms with Crippen LogP contribution in [0.1, 0.15) is 52.8 Å². The monoisotopic (exact) mass is 526 g/mol. The number of benzene rings is 2. The van der Waals surface area contributed by atoms with Crippen molar-refractivity contribution >= 4 is 23.0 Å². The van der Waals surface area contributed by atoms with Gasteiger partial charge in [0, 0.05) is 23.7 Å². The van der Waals surface area contributed by atoms with Crippen LogP contribution in [-0.4, -0.2) is 28.9 Å². The van der Waals surface area contributed by atoms with Crippen molar-refractivity contribution in [1.29, 1.82) is 0 Å². The molecule has 1 aliphatic heterocycles. The molecule has 1 fully saturated rings. The molecule has 6 nitrogen and oxygen atoms in total. The van der Waals surface area contributed by atoms with Gasteiger partial charge in [-0.05, 0) is 86.4 Å². The van der Waals surface area contributed by atoms with Crippen LogP contribution in [-0.2, 0) is 6.42 Å². The quantitative estimate of drug-likeness (QED) is 0.276. The Balaban J connectivity index is 1.75. The molecule has 0 unspecified atom stereocenters. The molecule has 0 bridgehead atoms. The first-order chi connectivity index (χ1) is 18.4. The molecule has 38 heavy (non-hydrogen) atoms. The van der Waals surface area contributed by atoms with Crippen LogP contribution in [0.2, 0.25) is 0 Å². The number of rotatable bonds is 7. The number of pyridine rings is 1. The number of aryl methyl sites for hydroxylation is 3. The Morgan fingerprint density at radius 3 is 2.47 bits per heavy atom. The molecule has 0 amide bonds. The van der Waals surface area contributed by atoms with E-state index < -0.39 is 0 Å². The molecule has 0 saturated carbocycles. The van der Waals surface area contributed by atoms with Gasteiger partial charge in [-0.25, -0.2) is 0 Å². The minimum atomic E-state index is -0.160. The highest BCUT2D eigenvalue weighted by atomic mass is 32.1. The summed E-state index contributed by atoms with van der Waals surface area (Å²) < 4.78 is 13.8. The number of methoxy groups -OCH3 is 2. The third-order valence-corrected chi connectivity index (χ3v) is 7.77. The number of thiocarbonyl (C=S) groups is 1. The van der Waals surface area contributed by atoms with Gasteiger partial charge in [0.25, 0.3) is 0 Å². The Hall–Kier alpha value is -3.84. The SMILES string of the molecule is CCc1cccc(C)c1-n1c(C)cc([C@@H]2[C@H](c3ccccn3)NC(=S)N2c2cc(OC)ccc2OC)c1C. The van der Waals surface area contributed by atoms with Gasteiger partial charge >= 0.3 is 0 Å². The standard InChI is InChI=1S/C31H34N4O2S/c1-7-22-12-10-11-19(2)29(22)34-20(3)17-24(21(34)4)30-28(25-13-8-9-16-32-25)33-31(38)35(30)26-18-23(36-5)14-15-27(26)37-6/h8-18,28,30H,7H2,1-6H3,(H,33,38)/t28-,30+/m0/s1. The highest BCUT2D eigenvalue weighted by Gasteiger charge is 2.43. The van der Waals surface area contributed by atoms with Gasteiger partial charge in [0.15, 0.2) is 5.11 Å². The lowest BCUT2D eigenvalue weighted by molar-refractivity contribution is 0.403. The molecule has 3 heterocycles. The van der Waals surface area contributed by atoms with Crippen molar-refractivity contribution < 1.29 is 9.47 Å². The largest absolute Gasteiger partial charge is 0.497 e. The molecule has 5 rings (SSSR count). The fourth-order valence-electron chi connectivity index (χ4n) is 5.67. The fourth-order valence-corrected chi connectivity index (χ4v) is 6.01. The van der Waals surface area contributed by atoms with Gasteiger partial charge in [0.1, 0.15) is 11.5 Å². The predicted octanol–water partition coefficient (Wildman–Crippen LogP) is 6.55. The van der Waals surface area contributed by atoms with Crippen molar-refractivity contribution in [2.75, 3.05) is 19.1 Å². The van der Waals surface area contributed by atoms with Gasteiger partial charge in [0.2, 0.25) is 0 Å². The Bertz CT molecular complexity index is 1480. The van der Waals surface area contributed by atoms with Gasteiger partial charge in [-0.2, -0.15) is 0 Å². The lowest BCUT2D eigenvalue weighted by Gasteiger charge is -2.29. The third-order valence-electron chi connectivity index (χ3n) is 7.46. The van der Waals surface area contributed by atoms with Crippen LogP contribution in [0, 0.1) is 20.8 Å². The van der Waals surface area contributed by atoms with E-state index in [1.165, 1.54) is 33.8 Å². The first kappa shape index (κ1) is 25.8. The maximum Gasteiger partial charge on any atom is 0.174 e. The molecule has 7 heteroatoms. The van der Waals surface area contributed by atoms with E-state index in [4.69, 9.17) is 26.7 Å². The molecule has 196 valence electrons. The summed E-state index contributed by atoms with van der Waals surface area (Å²) in [5.74, 6) is 1.46. The summed E-state index contributed by atoms with van der Waals surface area (Å²) in [7, 11) is 3.35. The maximum absolute atomic E-state index is 5.98. The molecule has 2 atom stereocenters. The van der Waals surface area contributed by atoms with Crippen LogP contribution in [0.4, 0.5) is 5.69 Å². The Morgan fingerprint density at radius 2 is 1.79 bits per heavy atom. The summed E-state index contributed by atoms with van der Waals surface area (Å²) in [5, 5.41) is 4.19. The Labute approximate surface area is 230 Å². The van der Waals surface area contributed by atoms with E-state index in [-0.39, 0.29) is 12.1 Å². The zero-order chi connectivity index (χ0) is 27.0. The number of aromatic nitrogens is 2. The van der Waals surface area contributed by atoms with Gasteiger partial charge < -0.3 is 24.3 Å². The molecule has 2 aromatic carbocycles. The normalized spacial score (nSPS) is 17.0. The van der Waals surface area contributed by atoms with Crippen LogP contribution < -0.4 is 19.7 Å². The van der Waals surface area contributed by atoms with Crippen LogP contribution in [0.5, 0.6) is 11.5 Å². The lowest BCUT2D eigenvalue weighted by atomic mass is 9.96. The molecule has 0 spiro atoms. The molecule has 1 N–H and O–H groups in total. The van der Waals surface area contributed by atoms with Crippen molar-refractivity contribution in [3.05, 3.63) is 101 Å². The van der Waals surface area contributed by atoms with Crippen molar-refractivity contribution in [3.63, 3.8) is 0 Å². The smallest absolute Gasteiger partial charge is 0.174 e. The van der Waals surface area contributed by atoms with E-state index in [0.717, 1.165) is 29.3 Å². The van der Waals surface area contributed by atoms with E-state index in [1.807, 2.05) is 36.5 Å². The highest BCUT2D eigenvalue weighted by molar-refractivity contribution is 7.80. The second kappa shape index (κ2) is 10.5. The van der Waals surface area contributed by atoms with E-state index in [0.29, 0.717) is 5.11 Å². The van der Waals surface area contributed by atoms with Gasteiger partial charge in [-0.3, -0.25) is 4.98 Å². The molecule has 0 aliphatic carbocycles. The fraction of sp³-hybridized carbons (Fsp3) is 0.290. The number of nitrogens with one attached hydrogen (secondary N) is 1. The average Bonchev–Trinajstić information content (AvgIpc) is 3.43. The van der Waals surface area contributed by atoms with Crippen molar-refractivity contribution in [2.45, 2.75) is 46.2 Å². The molecular weight excluding hydrogens is 492 g/mol. The van der Waals surface area contributed by atoms with Crippen molar-refractivity contribution in [3.8, 4) is 17.2 Å². The van der Waals surface area contributed by atoms with Crippen LogP contribution in [0.15, 0.2) is 66.9 Å². The van der Waals surface area contributed by atoms with Gasteiger partial charge in [-0.15, -0.1) is 0 Å². The zero-order valence-corrected chi connectivity index (χ0v) is 23.6. The number of para-hydroxylation sites is 1. The zero-order valence-electron chi connectivity index (χ0n) is 22.8. The number of anilines is 1. The molecule has 1 aliphatic rings. The molecule has 1 saturated heterocycles. The Kier molecular flexibility index (Phi) is 7.13. The second-order valence-corrected chi connectivity index (χ2v) is 10.0. The third kappa shape index (κ3) is 4.31. The lowest BCUT2D eigenvalue weighted by Crippen LogP contribution is -2.30. The summed E-state index contributed by atoms with van der Waals surface area (Å²) in [4.78, 5) is 6.88. The van der Waals surface area contributed by atoms with E-state index in [2.05, 4.69) is 72.8 Å². The summed E-state index contributed by atoms with van der Waals surface area (Å²) in [6.45, 7) is 8.77. The van der Waals surface area contributed by atoms with Crippen LogP contribution in [0.25, 0.3) is 5.69 Å². The average molecular weight is 527 g/mol. The summed E-state index contributed by atoms with van der Waals surface area (Å²) in [5.41, 5.74) is 9.15. The number of hydrogen-bond donors (Lipinski definition) is 1. The molecule has 4 aromatic rings. The highest BCUT2D eigenvalue weighted by Crippen LogP contribution is 2.47. The maximum atomic E-state index is 5.98. The van der Waals surface area contributed by atoms with Gasteiger partial charge in [0.05, 0.1) is 43.4 Å². The predicted molar refractivity (Wildman–Crippen MR) is 157 cm³/mol. The van der Waals surface area contributed by atoms with Gasteiger partial charge in [-0.1, -0.05) is 31.2 Å². The second-order valence-electron chi connectivity index (χ2n) is 9.63. The summed E-state index contributed by atoms with van der Waals surface area (Å²) in [6.07, 6.45) is 2.79. The first-order valence-corrected chi connectivity index (χ1v) is 13.3. The summed E-state index contributed by atoms with van der Waals surface area (Å²) in [6, 6.07) is 20.3. The van der Waals surface area contributed by atoms with Crippen molar-refractivity contribution in [2.24, 2.45) is 0 Å². The van der Waals surface area contributed by atoms with Crippen LogP contribution >= 0.6 is 12.2 Å². The minimum absolute atomic E-state index is 0.156. The summed E-state index contributed by atoms with van der Waals surface area (Å²) >= 11 is 5.98. The van der Waals surface area contributed by atoms with Crippen LogP contribution in [0.3, 0.4) is 0 Å². The Morgan fingerprint density at radius 1 is 0.974 bits per heavy atom. The number of ether oxygens (including phenoxy) is 2.